The molecule has 0 unspecified atom stereocenters. The SMILES string of the molecule is OC(c1cn(-c2cccc(Nc3cc(C(F)(F)F)ccn3)n2)cn1)(C1CC1)C1CC1. The molecule has 0 atom stereocenters. The summed E-state index contributed by atoms with van der Waals surface area (Å²) in [5, 5.41) is 14.1. The van der Waals surface area contributed by atoms with Crippen molar-refractivity contribution < 1.29 is 18.3 Å². The summed E-state index contributed by atoms with van der Waals surface area (Å²) in [6, 6.07) is 7.02. The molecule has 0 saturated heterocycles. The van der Waals surface area contributed by atoms with Gasteiger partial charge >= 0.3 is 6.18 Å². The molecule has 2 aliphatic carbocycles. The average Bonchev–Trinajstić information content (AvgIpc) is 3.64. The molecule has 3 aromatic heterocycles. The summed E-state index contributed by atoms with van der Waals surface area (Å²) in [6.45, 7) is 0. The van der Waals surface area contributed by atoms with E-state index < -0.39 is 17.3 Å². The topological polar surface area (TPSA) is 75.9 Å². The predicted molar refractivity (Wildman–Crippen MR) is 103 cm³/mol. The van der Waals surface area contributed by atoms with Gasteiger partial charge in [0.05, 0.1) is 11.3 Å². The van der Waals surface area contributed by atoms with Crippen LogP contribution in [0.2, 0.25) is 0 Å². The van der Waals surface area contributed by atoms with Crippen LogP contribution in [0.1, 0.15) is 36.9 Å². The predicted octanol–water partition coefficient (Wildman–Crippen LogP) is 4.43. The molecule has 3 heterocycles. The van der Waals surface area contributed by atoms with E-state index >= 15 is 0 Å². The van der Waals surface area contributed by atoms with E-state index in [1.54, 1.807) is 35.3 Å². The van der Waals surface area contributed by atoms with Gasteiger partial charge in [0, 0.05) is 12.4 Å². The van der Waals surface area contributed by atoms with Crippen molar-refractivity contribution in [1.29, 1.82) is 0 Å². The maximum absolute atomic E-state index is 12.9. The first-order valence-corrected chi connectivity index (χ1v) is 9.88. The molecule has 9 heteroatoms. The van der Waals surface area contributed by atoms with Crippen LogP contribution in [0.3, 0.4) is 0 Å². The third-order valence-corrected chi connectivity index (χ3v) is 5.73. The van der Waals surface area contributed by atoms with Crippen molar-refractivity contribution >= 4 is 11.6 Å². The highest BCUT2D eigenvalue weighted by atomic mass is 19.4. The van der Waals surface area contributed by atoms with E-state index in [9.17, 15) is 18.3 Å². The van der Waals surface area contributed by atoms with Crippen LogP contribution in [0.4, 0.5) is 24.8 Å². The van der Waals surface area contributed by atoms with Crippen LogP contribution in [0.5, 0.6) is 0 Å². The number of imidazole rings is 1. The minimum Gasteiger partial charge on any atom is -0.383 e. The van der Waals surface area contributed by atoms with Crippen LogP contribution in [0.15, 0.2) is 49.1 Å². The van der Waals surface area contributed by atoms with Crippen LogP contribution < -0.4 is 5.32 Å². The third kappa shape index (κ3) is 3.54. The molecule has 3 aromatic rings. The summed E-state index contributed by atoms with van der Waals surface area (Å²) < 4.78 is 40.5. The molecule has 5 rings (SSSR count). The molecule has 2 saturated carbocycles. The summed E-state index contributed by atoms with van der Waals surface area (Å²) in [4.78, 5) is 12.8. The Morgan fingerprint density at radius 3 is 2.40 bits per heavy atom. The second kappa shape index (κ2) is 6.80. The molecule has 2 aliphatic rings. The van der Waals surface area contributed by atoms with Crippen LogP contribution in [-0.2, 0) is 11.8 Å². The van der Waals surface area contributed by atoms with Crippen LogP contribution in [-0.4, -0.2) is 24.6 Å². The van der Waals surface area contributed by atoms with E-state index in [0.717, 1.165) is 44.0 Å². The first kappa shape index (κ1) is 19.0. The maximum atomic E-state index is 12.9. The van der Waals surface area contributed by atoms with E-state index in [-0.39, 0.29) is 17.7 Å². The second-order valence-electron chi connectivity index (χ2n) is 7.97. The van der Waals surface area contributed by atoms with E-state index in [1.807, 2.05) is 0 Å². The van der Waals surface area contributed by atoms with Gasteiger partial charge in [-0.05, 0) is 61.8 Å². The number of hydrogen-bond donors (Lipinski definition) is 2. The van der Waals surface area contributed by atoms with Crippen molar-refractivity contribution in [2.75, 3.05) is 5.32 Å². The first-order chi connectivity index (χ1) is 14.3. The van der Waals surface area contributed by atoms with Crippen molar-refractivity contribution in [1.82, 2.24) is 19.5 Å². The lowest BCUT2D eigenvalue weighted by Gasteiger charge is -2.26. The molecule has 2 N–H and O–H groups in total. The Balaban J connectivity index is 1.39. The van der Waals surface area contributed by atoms with Gasteiger partial charge < -0.3 is 10.4 Å². The third-order valence-electron chi connectivity index (χ3n) is 5.73. The van der Waals surface area contributed by atoms with E-state index in [1.165, 1.54) is 0 Å². The second-order valence-corrected chi connectivity index (χ2v) is 7.97. The van der Waals surface area contributed by atoms with Gasteiger partial charge in [-0.1, -0.05) is 6.07 Å². The molecule has 30 heavy (non-hydrogen) atoms. The Morgan fingerprint density at radius 1 is 1.00 bits per heavy atom. The van der Waals surface area contributed by atoms with E-state index in [2.05, 4.69) is 20.3 Å². The van der Waals surface area contributed by atoms with Gasteiger partial charge in [-0.3, -0.25) is 4.57 Å². The number of rotatable bonds is 6. The highest BCUT2D eigenvalue weighted by Crippen LogP contribution is 2.57. The van der Waals surface area contributed by atoms with Crippen molar-refractivity contribution in [3.8, 4) is 5.82 Å². The van der Waals surface area contributed by atoms with Gasteiger partial charge in [-0.15, -0.1) is 0 Å². The Hall–Kier alpha value is -2.94. The van der Waals surface area contributed by atoms with E-state index in [4.69, 9.17) is 0 Å². The van der Waals surface area contributed by atoms with Crippen LogP contribution in [0.25, 0.3) is 5.82 Å². The van der Waals surface area contributed by atoms with Gasteiger partial charge in [0.25, 0.3) is 0 Å². The number of hydrogen-bond acceptors (Lipinski definition) is 5. The summed E-state index contributed by atoms with van der Waals surface area (Å²) in [5.41, 5.74) is -0.995. The summed E-state index contributed by atoms with van der Waals surface area (Å²) in [6.07, 6.45) is 4.13. The number of nitrogens with one attached hydrogen (secondary N) is 1. The average molecular weight is 415 g/mol. The van der Waals surface area contributed by atoms with E-state index in [0.29, 0.717) is 17.3 Å². The molecule has 0 aromatic carbocycles. The molecule has 6 nitrogen and oxygen atoms in total. The first-order valence-electron chi connectivity index (χ1n) is 9.88. The fourth-order valence-corrected chi connectivity index (χ4v) is 3.90. The Bertz CT molecular complexity index is 1060. The smallest absolute Gasteiger partial charge is 0.383 e. The molecule has 2 fully saturated rings. The molecule has 0 aliphatic heterocycles. The maximum Gasteiger partial charge on any atom is 0.416 e. The number of halogens is 3. The summed E-state index contributed by atoms with van der Waals surface area (Å²) in [5.74, 6) is 1.48. The van der Waals surface area contributed by atoms with Gasteiger partial charge in [0.2, 0.25) is 0 Å². The zero-order valence-electron chi connectivity index (χ0n) is 16.0. The molecular weight excluding hydrogens is 395 g/mol. The fraction of sp³-hybridized carbons (Fsp3) is 0.381. The zero-order valence-corrected chi connectivity index (χ0v) is 16.0. The fourth-order valence-electron chi connectivity index (χ4n) is 3.90. The van der Waals surface area contributed by atoms with Gasteiger partial charge in [0.15, 0.2) is 0 Å². The van der Waals surface area contributed by atoms with Gasteiger partial charge in [0.1, 0.15) is 29.4 Å². The van der Waals surface area contributed by atoms with Crippen molar-refractivity contribution in [3.63, 3.8) is 0 Å². The van der Waals surface area contributed by atoms with Gasteiger partial charge in [-0.2, -0.15) is 13.2 Å². The minimum absolute atomic E-state index is 0.0534. The quantitative estimate of drug-likeness (QED) is 0.623. The lowest BCUT2D eigenvalue weighted by Crippen LogP contribution is -2.31. The van der Waals surface area contributed by atoms with Crippen molar-refractivity contribution in [2.45, 2.75) is 37.5 Å². The largest absolute Gasteiger partial charge is 0.416 e. The molecule has 0 spiro atoms. The molecular formula is C21H20F3N5O. The minimum atomic E-state index is -4.44. The summed E-state index contributed by atoms with van der Waals surface area (Å²) >= 11 is 0. The monoisotopic (exact) mass is 415 g/mol. The number of nitrogens with zero attached hydrogens (tertiary/aromatic N) is 4. The summed E-state index contributed by atoms with van der Waals surface area (Å²) in [7, 11) is 0. The molecule has 0 bridgehead atoms. The normalized spacial score (nSPS) is 17.2. The Labute approximate surface area is 170 Å². The Morgan fingerprint density at radius 2 is 1.73 bits per heavy atom. The molecule has 156 valence electrons. The number of anilines is 2. The van der Waals surface area contributed by atoms with Crippen LogP contribution in [0, 0.1) is 11.8 Å². The number of alkyl halides is 3. The Kier molecular flexibility index (Phi) is 4.32. The number of aliphatic hydroxyl groups is 1. The molecule has 0 amide bonds. The lowest BCUT2D eigenvalue weighted by molar-refractivity contribution is -0.137. The standard InChI is InChI=1S/C21H20F3N5O/c22-21(23,24)15-8-9-25-18(10-15)27-17-2-1-3-19(28-17)29-11-16(26-12-29)20(30,13-4-5-13)14-6-7-14/h1-3,8-14,30H,4-7H2,(H,25,27,28). The zero-order chi connectivity index (χ0) is 20.9. The van der Waals surface area contributed by atoms with Crippen LogP contribution >= 0.6 is 0 Å². The van der Waals surface area contributed by atoms with Crippen molar-refractivity contribution in [2.24, 2.45) is 11.8 Å². The van der Waals surface area contributed by atoms with Crippen molar-refractivity contribution in [3.05, 3.63) is 60.3 Å². The molecule has 0 radical (unpaired) electrons. The number of aromatic nitrogens is 4. The lowest BCUT2D eigenvalue weighted by atomic mass is 9.89. The van der Waals surface area contributed by atoms with Gasteiger partial charge in [-0.25, -0.2) is 15.0 Å². The number of pyridine rings is 2. The highest BCUT2D eigenvalue weighted by molar-refractivity contribution is 5.53. The highest BCUT2D eigenvalue weighted by Gasteiger charge is 2.55.